The molecule has 16 heteroatoms. The molecule has 3 saturated heterocycles. The molecular formula is C20H27N7O7S2. The van der Waals surface area contributed by atoms with E-state index in [1.807, 2.05) is 7.05 Å². The summed E-state index contributed by atoms with van der Waals surface area (Å²) in [6.45, 7) is 1.92. The number of oxime groups is 1. The fourth-order valence-corrected chi connectivity index (χ4v) is 6.16. The topological polar surface area (TPSA) is 180 Å². The Hall–Kier alpha value is -3.11. The van der Waals surface area contributed by atoms with Crippen LogP contribution in [0.25, 0.3) is 0 Å². The fraction of sp³-hybridized carbons (Fsp3) is 0.600. The zero-order chi connectivity index (χ0) is 26.0. The van der Waals surface area contributed by atoms with Crippen LogP contribution >= 0.6 is 23.1 Å². The van der Waals surface area contributed by atoms with Crippen molar-refractivity contribution in [1.82, 2.24) is 25.0 Å². The number of aliphatic carboxylic acids is 1. The van der Waals surface area contributed by atoms with E-state index in [4.69, 9.17) is 15.3 Å². The Labute approximate surface area is 214 Å². The lowest BCUT2D eigenvalue weighted by molar-refractivity contribution is -0.160. The fourth-order valence-electron chi connectivity index (χ4n) is 4.09. The second-order valence-corrected chi connectivity index (χ2v) is 10.7. The van der Waals surface area contributed by atoms with Crippen LogP contribution in [0, 0.1) is 5.41 Å². The van der Waals surface area contributed by atoms with Crippen molar-refractivity contribution in [1.29, 1.82) is 0 Å². The number of nitrogen functional groups attached to an aromatic ring is 1. The number of hydrogen-bond acceptors (Lipinski definition) is 12. The van der Waals surface area contributed by atoms with Crippen LogP contribution in [0.2, 0.25) is 0 Å². The molecule has 3 amide bonds. The summed E-state index contributed by atoms with van der Waals surface area (Å²) in [6.07, 6.45) is -0.566. The van der Waals surface area contributed by atoms with E-state index in [0.29, 0.717) is 26.2 Å². The van der Waals surface area contributed by atoms with Crippen LogP contribution in [0.15, 0.2) is 10.5 Å². The molecule has 1 aromatic heterocycles. The Bertz CT molecular complexity index is 1070. The van der Waals surface area contributed by atoms with Crippen LogP contribution in [0.4, 0.5) is 9.93 Å². The van der Waals surface area contributed by atoms with Crippen molar-refractivity contribution >= 4 is 57.8 Å². The quantitative estimate of drug-likeness (QED) is 0.217. The predicted molar refractivity (Wildman–Crippen MR) is 130 cm³/mol. The summed E-state index contributed by atoms with van der Waals surface area (Å²) in [5, 5.41) is 17.6. The van der Waals surface area contributed by atoms with Crippen LogP contribution in [-0.2, 0) is 24.0 Å². The molecule has 4 rings (SSSR count). The number of fused-ring (bicyclic) bond motifs is 1. The Morgan fingerprint density at radius 2 is 2.06 bits per heavy atom. The van der Waals surface area contributed by atoms with Gasteiger partial charge >= 0.3 is 12.1 Å². The number of aromatic nitrogens is 1. The summed E-state index contributed by atoms with van der Waals surface area (Å²) >= 11 is 2.33. The lowest BCUT2D eigenvalue weighted by Crippen LogP contribution is -2.74. The molecule has 4 N–H and O–H groups in total. The molecule has 4 heterocycles. The lowest BCUT2D eigenvalue weighted by Gasteiger charge is -2.53. The van der Waals surface area contributed by atoms with Gasteiger partial charge in [0.1, 0.15) is 36.2 Å². The van der Waals surface area contributed by atoms with Crippen LogP contribution in [0.3, 0.4) is 0 Å². The molecule has 3 fully saturated rings. The van der Waals surface area contributed by atoms with Crippen LogP contribution in [-0.4, -0.2) is 125 Å². The molecule has 0 bridgehead atoms. The van der Waals surface area contributed by atoms with Gasteiger partial charge < -0.3 is 40.4 Å². The first kappa shape index (κ1) is 26.0. The number of rotatable bonds is 7. The summed E-state index contributed by atoms with van der Waals surface area (Å²) in [5.74, 6) is -2.17. The third-order valence-corrected chi connectivity index (χ3v) is 8.54. The van der Waals surface area contributed by atoms with Crippen molar-refractivity contribution in [2.24, 2.45) is 10.6 Å². The highest BCUT2D eigenvalue weighted by molar-refractivity contribution is 8.00. The monoisotopic (exact) mass is 541 g/mol. The van der Waals surface area contributed by atoms with Crippen LogP contribution in [0.5, 0.6) is 0 Å². The molecule has 1 aromatic rings. The highest BCUT2D eigenvalue weighted by atomic mass is 32.2. The van der Waals surface area contributed by atoms with E-state index < -0.39 is 40.7 Å². The number of nitrogens with zero attached hydrogens (tertiary/aromatic N) is 5. The largest absolute Gasteiger partial charge is 0.481 e. The van der Waals surface area contributed by atoms with Gasteiger partial charge in [0.05, 0.1) is 0 Å². The number of carbonyl (C=O) groups excluding carboxylic acids is 3. The lowest BCUT2D eigenvalue weighted by atomic mass is 9.88. The smallest absolute Gasteiger partial charge is 0.409 e. The number of carboxylic acids is 1. The van der Waals surface area contributed by atoms with E-state index in [1.165, 1.54) is 23.8 Å². The maximum absolute atomic E-state index is 12.9. The number of β-lactam (4-membered cyclic amide) rings is 1. The molecule has 0 aromatic carbocycles. The summed E-state index contributed by atoms with van der Waals surface area (Å²) < 4.78 is 5.39. The van der Waals surface area contributed by atoms with Crippen molar-refractivity contribution in [3.8, 4) is 0 Å². The summed E-state index contributed by atoms with van der Waals surface area (Å²) in [4.78, 5) is 64.1. The van der Waals surface area contributed by atoms with Crippen molar-refractivity contribution in [3.63, 3.8) is 0 Å². The molecule has 14 nitrogen and oxygen atoms in total. The number of carboxylic acid groups (broad SMARTS) is 1. The third-order valence-electron chi connectivity index (χ3n) is 6.28. The van der Waals surface area contributed by atoms with Gasteiger partial charge in [-0.3, -0.25) is 14.4 Å². The van der Waals surface area contributed by atoms with Crippen molar-refractivity contribution < 1.29 is 33.9 Å². The number of likely N-dealkylation sites (N-methyl/N-ethyl adjacent to an activating group) is 1. The van der Waals surface area contributed by atoms with Gasteiger partial charge in [-0.15, -0.1) is 23.1 Å². The molecule has 196 valence electrons. The molecule has 2 unspecified atom stereocenters. The maximum Gasteiger partial charge on any atom is 0.409 e. The number of anilines is 1. The van der Waals surface area contributed by atoms with Crippen molar-refractivity contribution in [3.05, 3.63) is 11.1 Å². The van der Waals surface area contributed by atoms with Gasteiger partial charge in [-0.2, -0.15) is 0 Å². The highest BCUT2D eigenvalue weighted by Crippen LogP contribution is 2.42. The molecule has 36 heavy (non-hydrogen) atoms. The number of nitrogens with one attached hydrogen (secondary N) is 1. The minimum absolute atomic E-state index is 0.0980. The van der Waals surface area contributed by atoms with Crippen LogP contribution in [0.1, 0.15) is 5.69 Å². The minimum atomic E-state index is -1.45. The van der Waals surface area contributed by atoms with E-state index in [9.17, 15) is 24.3 Å². The van der Waals surface area contributed by atoms with E-state index in [-0.39, 0.29) is 35.4 Å². The third kappa shape index (κ3) is 5.05. The summed E-state index contributed by atoms with van der Waals surface area (Å²) in [7, 11) is 3.23. The molecule has 0 radical (unpaired) electrons. The van der Waals surface area contributed by atoms with Gasteiger partial charge in [-0.05, 0) is 7.05 Å². The van der Waals surface area contributed by atoms with Gasteiger partial charge in [0.25, 0.3) is 5.91 Å². The first-order valence-electron chi connectivity index (χ1n) is 11.0. The van der Waals surface area contributed by atoms with Crippen molar-refractivity contribution in [2.45, 2.75) is 11.4 Å². The Morgan fingerprint density at radius 3 is 2.67 bits per heavy atom. The first-order chi connectivity index (χ1) is 17.1. The summed E-state index contributed by atoms with van der Waals surface area (Å²) in [5.41, 5.74) is 4.26. The maximum atomic E-state index is 12.9. The van der Waals surface area contributed by atoms with Gasteiger partial charge in [0.2, 0.25) is 5.91 Å². The molecule has 0 saturated carbocycles. The average Bonchev–Trinajstić information content (AvgIpc) is 3.29. The summed E-state index contributed by atoms with van der Waals surface area (Å²) in [6, 6.07) is -0.875. The van der Waals surface area contributed by atoms with E-state index in [0.717, 1.165) is 11.3 Å². The Morgan fingerprint density at radius 1 is 1.33 bits per heavy atom. The number of piperazine rings is 1. The second kappa shape index (κ2) is 10.5. The predicted octanol–water partition coefficient (Wildman–Crippen LogP) is -1.07. The van der Waals surface area contributed by atoms with Crippen LogP contribution < -0.4 is 11.1 Å². The van der Waals surface area contributed by atoms with E-state index in [2.05, 4.69) is 20.4 Å². The van der Waals surface area contributed by atoms with E-state index in [1.54, 1.807) is 10.3 Å². The minimum Gasteiger partial charge on any atom is -0.481 e. The SMILES string of the molecule is CON=C(C(=O)NC1C(=O)N2CC(COC(=O)N3CCN(C)CC3)(C(=O)O)CS[C@H]12)c1csc(N)n1. The number of amides is 3. The average molecular weight is 542 g/mol. The number of thioether (sulfide) groups is 1. The Balaban J connectivity index is 1.37. The zero-order valence-electron chi connectivity index (χ0n) is 19.7. The van der Waals surface area contributed by atoms with Crippen molar-refractivity contribution in [2.75, 3.05) is 65.0 Å². The number of hydrogen-bond donors (Lipinski definition) is 3. The molecule has 3 aliphatic rings. The first-order valence-corrected chi connectivity index (χ1v) is 13.0. The van der Waals surface area contributed by atoms with Gasteiger partial charge in [-0.1, -0.05) is 5.16 Å². The number of thiazole rings is 1. The second-order valence-electron chi connectivity index (χ2n) is 8.74. The van der Waals surface area contributed by atoms with Gasteiger partial charge in [0.15, 0.2) is 10.8 Å². The standard InChI is InChI=1S/C20H27N7O7S2/c1-25-3-5-26(6-4-25)19(32)34-9-20(17(30)31)8-27-15(29)13(16(27)36-10-20)23-14(28)12(24-33-2)11-7-35-18(21)22-11/h7,13,16H,3-6,8-10H2,1-2H3,(H2,21,22)(H,23,28)(H,30,31)/t13?,16-,20?/m1/s1. The molecule has 3 atom stereocenters. The van der Waals surface area contributed by atoms with Gasteiger partial charge in [0, 0.05) is 43.9 Å². The number of carbonyl (C=O) groups is 4. The molecule has 0 spiro atoms. The number of ether oxygens (including phenoxy) is 1. The van der Waals surface area contributed by atoms with E-state index >= 15 is 0 Å². The normalized spacial score (nSPS) is 26.6. The van der Waals surface area contributed by atoms with Gasteiger partial charge in [-0.25, -0.2) is 9.78 Å². The Kier molecular flexibility index (Phi) is 7.56. The molecular weight excluding hydrogens is 514 g/mol. The molecule has 0 aliphatic carbocycles. The number of nitrogens with two attached hydrogens (primary N) is 1. The highest BCUT2D eigenvalue weighted by Gasteiger charge is 2.58. The zero-order valence-corrected chi connectivity index (χ0v) is 21.3. The molecule has 3 aliphatic heterocycles.